The Labute approximate surface area is 111 Å². The number of nitrogens with one attached hydrogen (secondary N) is 1. The zero-order valence-corrected chi connectivity index (χ0v) is 11.5. The number of nitrogens with zero attached hydrogens (tertiary/aromatic N) is 2. The van der Waals surface area contributed by atoms with Crippen LogP contribution in [-0.2, 0) is 0 Å². The Balaban J connectivity index is 2.59. The van der Waals surface area contributed by atoms with E-state index in [1.54, 1.807) is 23.6 Å². The van der Waals surface area contributed by atoms with Crippen LogP contribution in [0.5, 0.6) is 0 Å². The Morgan fingerprint density at radius 2 is 2.50 bits per heavy atom. The number of urea groups is 1. The van der Waals surface area contributed by atoms with Crippen molar-refractivity contribution >= 4 is 17.4 Å². The molecule has 1 heterocycles. The number of hydrogen-bond acceptors (Lipinski definition) is 4. The average Bonchev–Trinajstić information content (AvgIpc) is 2.75. The van der Waals surface area contributed by atoms with Gasteiger partial charge in [-0.2, -0.15) is 0 Å². The highest BCUT2D eigenvalue weighted by atomic mass is 32.1. The van der Waals surface area contributed by atoms with E-state index in [1.807, 2.05) is 13.8 Å². The van der Waals surface area contributed by atoms with E-state index in [2.05, 4.69) is 16.9 Å². The zero-order valence-electron chi connectivity index (χ0n) is 10.7. The largest absolute Gasteiger partial charge is 0.395 e. The quantitative estimate of drug-likeness (QED) is 0.773. The van der Waals surface area contributed by atoms with Crippen LogP contribution in [0.4, 0.5) is 4.79 Å². The average molecular weight is 269 g/mol. The minimum absolute atomic E-state index is 0.0635. The van der Waals surface area contributed by atoms with Crippen LogP contribution in [0.15, 0.2) is 18.9 Å². The second kappa shape index (κ2) is 7.13. The van der Waals surface area contributed by atoms with Gasteiger partial charge in [0.1, 0.15) is 5.01 Å². The molecule has 0 fully saturated rings. The first-order valence-corrected chi connectivity index (χ1v) is 6.59. The summed E-state index contributed by atoms with van der Waals surface area (Å²) in [7, 11) is 0. The molecular formula is C12H19N3O2S. The monoisotopic (exact) mass is 269 g/mol. The summed E-state index contributed by atoms with van der Waals surface area (Å²) in [5.41, 5.74) is 0. The van der Waals surface area contributed by atoms with Gasteiger partial charge in [-0.15, -0.1) is 17.9 Å². The Morgan fingerprint density at radius 3 is 3.00 bits per heavy atom. The Morgan fingerprint density at radius 1 is 1.78 bits per heavy atom. The number of thiazole rings is 1. The zero-order chi connectivity index (χ0) is 13.5. The van der Waals surface area contributed by atoms with Gasteiger partial charge in [-0.3, -0.25) is 0 Å². The summed E-state index contributed by atoms with van der Waals surface area (Å²) in [5.74, 6) is 0. The first kappa shape index (κ1) is 14.7. The van der Waals surface area contributed by atoms with E-state index in [4.69, 9.17) is 5.11 Å². The third-order valence-electron chi connectivity index (χ3n) is 2.36. The maximum Gasteiger partial charge on any atom is 0.318 e. The lowest BCUT2D eigenvalue weighted by Gasteiger charge is -2.22. The van der Waals surface area contributed by atoms with Crippen molar-refractivity contribution in [3.8, 4) is 0 Å². The third kappa shape index (κ3) is 4.12. The number of aliphatic hydroxyl groups excluding tert-OH is 1. The minimum Gasteiger partial charge on any atom is -0.395 e. The van der Waals surface area contributed by atoms with Crippen molar-refractivity contribution in [3.05, 3.63) is 28.7 Å². The third-order valence-corrected chi connectivity index (χ3v) is 3.45. The van der Waals surface area contributed by atoms with Crippen LogP contribution in [0.3, 0.4) is 0 Å². The predicted octanol–water partition coefficient (Wildman–Crippen LogP) is 1.70. The molecule has 2 N–H and O–H groups in total. The lowest BCUT2D eigenvalue weighted by atomic mass is 10.3. The molecule has 2 amide bonds. The molecule has 1 aromatic rings. The number of amides is 2. The number of aliphatic hydroxyl groups is 1. The molecule has 100 valence electrons. The summed E-state index contributed by atoms with van der Waals surface area (Å²) >= 11 is 1.56. The molecule has 0 aliphatic heterocycles. The van der Waals surface area contributed by atoms with Gasteiger partial charge >= 0.3 is 6.03 Å². The minimum atomic E-state index is -0.218. The molecule has 6 heteroatoms. The summed E-state index contributed by atoms with van der Waals surface area (Å²) in [6.07, 6.45) is 3.42. The van der Waals surface area contributed by atoms with Crippen molar-refractivity contribution in [2.24, 2.45) is 0 Å². The topological polar surface area (TPSA) is 65.5 Å². The Bertz CT molecular complexity index is 406. The molecule has 0 saturated carbocycles. The number of carbonyl (C=O) groups excluding carboxylic acids is 1. The van der Waals surface area contributed by atoms with Gasteiger partial charge in [-0.25, -0.2) is 9.78 Å². The lowest BCUT2D eigenvalue weighted by Crippen LogP contribution is -2.42. The van der Waals surface area contributed by atoms with Gasteiger partial charge in [0.15, 0.2) is 0 Å². The normalized spacial score (nSPS) is 11.9. The molecule has 0 saturated heterocycles. The fraction of sp³-hybridized carbons (Fsp3) is 0.500. The van der Waals surface area contributed by atoms with Crippen molar-refractivity contribution < 1.29 is 9.90 Å². The van der Waals surface area contributed by atoms with E-state index in [0.717, 1.165) is 9.88 Å². The number of hydrogen-bond donors (Lipinski definition) is 2. The highest BCUT2D eigenvalue weighted by molar-refractivity contribution is 7.11. The van der Waals surface area contributed by atoms with Crippen molar-refractivity contribution in [2.75, 3.05) is 19.7 Å². The van der Waals surface area contributed by atoms with E-state index in [1.165, 1.54) is 4.90 Å². The number of aryl methyl sites for hydroxylation is 1. The molecule has 0 bridgehead atoms. The van der Waals surface area contributed by atoms with Crippen LogP contribution >= 0.6 is 11.3 Å². The SMILES string of the molecule is C=CCN(CCO)C(=O)NC(C)c1ncc(C)s1. The van der Waals surface area contributed by atoms with Crippen LogP contribution in [0.25, 0.3) is 0 Å². The second-order valence-electron chi connectivity index (χ2n) is 3.94. The van der Waals surface area contributed by atoms with Gasteiger partial charge in [-0.1, -0.05) is 6.08 Å². The maximum absolute atomic E-state index is 11.9. The van der Waals surface area contributed by atoms with E-state index in [-0.39, 0.29) is 18.7 Å². The van der Waals surface area contributed by atoms with E-state index < -0.39 is 0 Å². The molecule has 0 aliphatic carbocycles. The molecule has 1 unspecified atom stereocenters. The van der Waals surface area contributed by atoms with Crippen molar-refractivity contribution in [3.63, 3.8) is 0 Å². The standard InChI is InChI=1S/C12H19N3O2S/c1-4-5-15(6-7-16)12(17)14-10(3)11-13-8-9(2)18-11/h4,8,10,16H,1,5-7H2,2-3H3,(H,14,17). The van der Waals surface area contributed by atoms with Crippen LogP contribution in [0.2, 0.25) is 0 Å². The summed E-state index contributed by atoms with van der Waals surface area (Å²) in [6.45, 7) is 8.10. The molecule has 0 aromatic carbocycles. The highest BCUT2D eigenvalue weighted by Gasteiger charge is 2.16. The number of carbonyl (C=O) groups is 1. The first-order chi connectivity index (χ1) is 8.58. The molecular weight excluding hydrogens is 250 g/mol. The van der Waals surface area contributed by atoms with Crippen LogP contribution in [0, 0.1) is 6.92 Å². The van der Waals surface area contributed by atoms with Crippen molar-refractivity contribution in [1.82, 2.24) is 15.2 Å². The fourth-order valence-electron chi connectivity index (χ4n) is 1.46. The molecule has 1 atom stereocenters. The van der Waals surface area contributed by atoms with Gasteiger partial charge in [0, 0.05) is 24.2 Å². The summed E-state index contributed by atoms with van der Waals surface area (Å²) in [4.78, 5) is 18.8. The predicted molar refractivity (Wildman–Crippen MR) is 72.7 cm³/mol. The number of aromatic nitrogens is 1. The smallest absolute Gasteiger partial charge is 0.318 e. The Kier molecular flexibility index (Phi) is 5.80. The number of rotatable bonds is 6. The molecule has 0 spiro atoms. The lowest BCUT2D eigenvalue weighted by molar-refractivity contribution is 0.181. The van der Waals surface area contributed by atoms with Gasteiger partial charge in [0.25, 0.3) is 0 Å². The molecule has 1 rings (SSSR count). The van der Waals surface area contributed by atoms with Crippen LogP contribution < -0.4 is 5.32 Å². The molecule has 18 heavy (non-hydrogen) atoms. The fourth-order valence-corrected chi connectivity index (χ4v) is 2.24. The molecule has 0 aliphatic rings. The molecule has 0 radical (unpaired) electrons. The molecule has 5 nitrogen and oxygen atoms in total. The van der Waals surface area contributed by atoms with E-state index in [9.17, 15) is 4.79 Å². The maximum atomic E-state index is 11.9. The molecule has 1 aromatic heterocycles. The summed E-state index contributed by atoms with van der Waals surface area (Å²) in [6, 6.07) is -0.355. The van der Waals surface area contributed by atoms with E-state index in [0.29, 0.717) is 13.1 Å². The second-order valence-corrected chi connectivity index (χ2v) is 5.20. The summed E-state index contributed by atoms with van der Waals surface area (Å²) < 4.78 is 0. The van der Waals surface area contributed by atoms with Crippen LogP contribution in [0.1, 0.15) is 22.9 Å². The van der Waals surface area contributed by atoms with Crippen molar-refractivity contribution in [1.29, 1.82) is 0 Å². The van der Waals surface area contributed by atoms with Gasteiger partial charge in [0.05, 0.1) is 12.6 Å². The van der Waals surface area contributed by atoms with Crippen molar-refractivity contribution in [2.45, 2.75) is 19.9 Å². The Hall–Kier alpha value is -1.40. The van der Waals surface area contributed by atoms with Gasteiger partial charge in [0.2, 0.25) is 0 Å². The first-order valence-electron chi connectivity index (χ1n) is 5.78. The van der Waals surface area contributed by atoms with E-state index >= 15 is 0 Å². The van der Waals surface area contributed by atoms with Gasteiger partial charge in [-0.05, 0) is 13.8 Å². The van der Waals surface area contributed by atoms with Gasteiger partial charge < -0.3 is 15.3 Å². The van der Waals surface area contributed by atoms with Crippen LogP contribution in [-0.4, -0.2) is 40.7 Å². The summed E-state index contributed by atoms with van der Waals surface area (Å²) in [5, 5.41) is 12.6. The highest BCUT2D eigenvalue weighted by Crippen LogP contribution is 2.18.